The summed E-state index contributed by atoms with van der Waals surface area (Å²) in [6, 6.07) is 14.3. The van der Waals surface area contributed by atoms with Gasteiger partial charge in [-0.3, -0.25) is 0 Å². The van der Waals surface area contributed by atoms with Crippen LogP contribution in [0.2, 0.25) is 0 Å². The Labute approximate surface area is 150 Å². The van der Waals surface area contributed by atoms with Gasteiger partial charge in [0.05, 0.1) is 6.10 Å². The largest absolute Gasteiger partial charge is 0.491 e. The summed E-state index contributed by atoms with van der Waals surface area (Å²) < 4.78 is 17.3. The van der Waals surface area contributed by atoms with Crippen LogP contribution in [0.1, 0.15) is 24.0 Å². The first-order valence-electron chi connectivity index (χ1n) is 8.99. The topological polar surface area (TPSA) is 39.7 Å². The molecular formula is C21H27NO3. The Balaban J connectivity index is 1.43. The predicted octanol–water partition coefficient (Wildman–Crippen LogP) is 4.35. The van der Waals surface area contributed by atoms with E-state index in [4.69, 9.17) is 14.2 Å². The first-order chi connectivity index (χ1) is 12.2. The van der Waals surface area contributed by atoms with Gasteiger partial charge in [0.25, 0.3) is 0 Å². The van der Waals surface area contributed by atoms with E-state index < -0.39 is 0 Å². The molecule has 1 aliphatic heterocycles. The molecular weight excluding hydrogens is 314 g/mol. The van der Waals surface area contributed by atoms with E-state index in [9.17, 15) is 0 Å². The molecule has 0 aromatic heterocycles. The van der Waals surface area contributed by atoms with Crippen LogP contribution in [0.25, 0.3) is 0 Å². The van der Waals surface area contributed by atoms with E-state index in [2.05, 4.69) is 37.4 Å². The second-order valence-electron chi connectivity index (χ2n) is 6.52. The van der Waals surface area contributed by atoms with Gasteiger partial charge in [-0.05, 0) is 56.0 Å². The molecule has 2 aromatic rings. The molecule has 134 valence electrons. The standard InChI is InChI=1S/C21H27NO3/c1-16-8-9-17(2)21(13-16)24-12-10-22-18-5-3-6-19(14-18)25-15-20-7-4-11-23-20/h3,5-6,8-9,13-14,20,22H,4,7,10-12,15H2,1-2H3. The fourth-order valence-electron chi connectivity index (χ4n) is 2.88. The maximum absolute atomic E-state index is 5.87. The first kappa shape index (κ1) is 17.6. The normalized spacial score (nSPS) is 16.6. The second-order valence-corrected chi connectivity index (χ2v) is 6.52. The Bertz CT molecular complexity index is 681. The van der Waals surface area contributed by atoms with Crippen LogP contribution in [0.3, 0.4) is 0 Å². The molecule has 4 heteroatoms. The minimum Gasteiger partial charge on any atom is -0.491 e. The molecule has 1 fully saturated rings. The van der Waals surface area contributed by atoms with Crippen molar-refractivity contribution in [2.45, 2.75) is 32.8 Å². The van der Waals surface area contributed by atoms with Crippen molar-refractivity contribution in [1.82, 2.24) is 0 Å². The molecule has 1 atom stereocenters. The van der Waals surface area contributed by atoms with Gasteiger partial charge >= 0.3 is 0 Å². The Morgan fingerprint density at radius 2 is 2.04 bits per heavy atom. The van der Waals surface area contributed by atoms with Crippen molar-refractivity contribution in [3.8, 4) is 11.5 Å². The number of anilines is 1. The summed E-state index contributed by atoms with van der Waals surface area (Å²) in [6.07, 6.45) is 2.46. The third kappa shape index (κ3) is 5.40. The summed E-state index contributed by atoms with van der Waals surface area (Å²) in [5.74, 6) is 1.83. The van der Waals surface area contributed by atoms with Crippen LogP contribution in [0.4, 0.5) is 5.69 Å². The lowest BCUT2D eigenvalue weighted by Gasteiger charge is -2.14. The van der Waals surface area contributed by atoms with Gasteiger partial charge < -0.3 is 19.5 Å². The monoisotopic (exact) mass is 341 g/mol. The average molecular weight is 341 g/mol. The lowest BCUT2D eigenvalue weighted by Crippen LogP contribution is -2.16. The minimum atomic E-state index is 0.239. The highest BCUT2D eigenvalue weighted by atomic mass is 16.5. The summed E-state index contributed by atoms with van der Waals surface area (Å²) in [7, 11) is 0. The fourth-order valence-corrected chi connectivity index (χ4v) is 2.88. The van der Waals surface area contributed by atoms with E-state index >= 15 is 0 Å². The molecule has 4 nitrogen and oxygen atoms in total. The second kappa shape index (κ2) is 8.77. The summed E-state index contributed by atoms with van der Waals surface area (Å²) >= 11 is 0. The summed E-state index contributed by atoms with van der Waals surface area (Å²) in [5.41, 5.74) is 3.41. The van der Waals surface area contributed by atoms with Crippen LogP contribution in [-0.4, -0.2) is 32.5 Å². The molecule has 0 aliphatic carbocycles. The zero-order valence-electron chi connectivity index (χ0n) is 15.1. The number of nitrogens with one attached hydrogen (secondary N) is 1. The average Bonchev–Trinajstić information content (AvgIpc) is 3.14. The molecule has 0 spiro atoms. The van der Waals surface area contributed by atoms with Gasteiger partial charge in [0.2, 0.25) is 0 Å². The predicted molar refractivity (Wildman–Crippen MR) is 101 cm³/mol. The highest BCUT2D eigenvalue weighted by Crippen LogP contribution is 2.21. The Morgan fingerprint density at radius 3 is 2.88 bits per heavy atom. The van der Waals surface area contributed by atoms with Crippen molar-refractivity contribution in [3.63, 3.8) is 0 Å². The molecule has 25 heavy (non-hydrogen) atoms. The van der Waals surface area contributed by atoms with Crippen LogP contribution in [0.15, 0.2) is 42.5 Å². The van der Waals surface area contributed by atoms with E-state index in [0.717, 1.165) is 48.7 Å². The third-order valence-corrected chi connectivity index (χ3v) is 4.33. The summed E-state index contributed by atoms with van der Waals surface area (Å²) in [4.78, 5) is 0. The fraction of sp³-hybridized carbons (Fsp3) is 0.429. The van der Waals surface area contributed by atoms with E-state index in [1.54, 1.807) is 0 Å². The number of ether oxygens (including phenoxy) is 3. The Hall–Kier alpha value is -2.20. The van der Waals surface area contributed by atoms with E-state index in [1.807, 2.05) is 24.3 Å². The lowest BCUT2D eigenvalue weighted by atomic mass is 10.1. The van der Waals surface area contributed by atoms with Crippen molar-refractivity contribution < 1.29 is 14.2 Å². The highest BCUT2D eigenvalue weighted by molar-refractivity contribution is 5.48. The molecule has 0 radical (unpaired) electrons. The number of benzene rings is 2. The zero-order valence-corrected chi connectivity index (χ0v) is 15.1. The van der Waals surface area contributed by atoms with Crippen LogP contribution in [0, 0.1) is 13.8 Å². The number of hydrogen-bond acceptors (Lipinski definition) is 4. The molecule has 1 aliphatic rings. The summed E-state index contributed by atoms with van der Waals surface area (Å²) in [5, 5.41) is 3.38. The molecule has 0 amide bonds. The SMILES string of the molecule is Cc1ccc(C)c(OCCNc2cccc(OCC3CCCO3)c2)c1. The van der Waals surface area contributed by atoms with Crippen LogP contribution < -0.4 is 14.8 Å². The Morgan fingerprint density at radius 1 is 1.12 bits per heavy atom. The molecule has 1 unspecified atom stereocenters. The third-order valence-electron chi connectivity index (χ3n) is 4.33. The smallest absolute Gasteiger partial charge is 0.122 e. The summed E-state index contributed by atoms with van der Waals surface area (Å²) in [6.45, 7) is 6.98. The van der Waals surface area contributed by atoms with Gasteiger partial charge in [-0.1, -0.05) is 18.2 Å². The van der Waals surface area contributed by atoms with Crippen molar-refractivity contribution in [2.75, 3.05) is 31.7 Å². The van der Waals surface area contributed by atoms with Gasteiger partial charge in [-0.2, -0.15) is 0 Å². The molecule has 1 N–H and O–H groups in total. The lowest BCUT2D eigenvalue weighted by molar-refractivity contribution is 0.0680. The van der Waals surface area contributed by atoms with Gasteiger partial charge in [-0.15, -0.1) is 0 Å². The molecule has 1 heterocycles. The van der Waals surface area contributed by atoms with Gasteiger partial charge in [0.1, 0.15) is 24.7 Å². The van der Waals surface area contributed by atoms with Crippen LogP contribution in [-0.2, 0) is 4.74 Å². The number of hydrogen-bond donors (Lipinski definition) is 1. The first-order valence-corrected chi connectivity index (χ1v) is 8.99. The minimum absolute atomic E-state index is 0.239. The van der Waals surface area contributed by atoms with Crippen molar-refractivity contribution in [1.29, 1.82) is 0 Å². The van der Waals surface area contributed by atoms with E-state index in [1.165, 1.54) is 5.56 Å². The molecule has 0 saturated carbocycles. The van der Waals surface area contributed by atoms with Crippen molar-refractivity contribution in [2.24, 2.45) is 0 Å². The van der Waals surface area contributed by atoms with Gasteiger partial charge in [-0.25, -0.2) is 0 Å². The van der Waals surface area contributed by atoms with Gasteiger partial charge in [0.15, 0.2) is 0 Å². The quantitative estimate of drug-likeness (QED) is 0.725. The number of aryl methyl sites for hydroxylation is 2. The highest BCUT2D eigenvalue weighted by Gasteiger charge is 2.15. The maximum Gasteiger partial charge on any atom is 0.122 e. The molecule has 0 bridgehead atoms. The van der Waals surface area contributed by atoms with Gasteiger partial charge in [0, 0.05) is 24.9 Å². The van der Waals surface area contributed by atoms with Crippen LogP contribution in [0.5, 0.6) is 11.5 Å². The van der Waals surface area contributed by atoms with Crippen LogP contribution >= 0.6 is 0 Å². The number of rotatable bonds is 8. The molecule has 1 saturated heterocycles. The molecule has 3 rings (SSSR count). The van der Waals surface area contributed by atoms with Crippen molar-refractivity contribution >= 4 is 5.69 Å². The van der Waals surface area contributed by atoms with E-state index in [0.29, 0.717) is 13.2 Å². The zero-order chi connectivity index (χ0) is 17.5. The Kier molecular flexibility index (Phi) is 6.18. The maximum atomic E-state index is 5.87. The van der Waals surface area contributed by atoms with Crippen molar-refractivity contribution in [3.05, 3.63) is 53.6 Å². The van der Waals surface area contributed by atoms with E-state index in [-0.39, 0.29) is 6.10 Å². The molecule has 2 aromatic carbocycles.